The minimum atomic E-state index is -0.525. The van der Waals surface area contributed by atoms with Crippen molar-refractivity contribution in [2.75, 3.05) is 12.4 Å². The molecule has 3 nitrogen and oxygen atoms in total. The Labute approximate surface area is 206 Å². The van der Waals surface area contributed by atoms with E-state index >= 15 is 0 Å². The molecule has 0 unspecified atom stereocenters. The molecule has 1 aromatic heterocycles. The van der Waals surface area contributed by atoms with Crippen LogP contribution in [0.4, 0.5) is 5.69 Å². The van der Waals surface area contributed by atoms with E-state index in [0.29, 0.717) is 10.6 Å². The van der Waals surface area contributed by atoms with E-state index in [1.165, 1.54) is 0 Å². The van der Waals surface area contributed by atoms with Gasteiger partial charge in [0.15, 0.2) is 0 Å². The Morgan fingerprint density at radius 1 is 1.06 bits per heavy atom. The summed E-state index contributed by atoms with van der Waals surface area (Å²) in [5.74, 6) is 0. The Morgan fingerprint density at radius 3 is 2.41 bits per heavy atom. The van der Waals surface area contributed by atoms with Gasteiger partial charge in [-0.25, -0.2) is 0 Å². The fourth-order valence-corrected chi connectivity index (χ4v) is 4.77. The van der Waals surface area contributed by atoms with Crippen molar-refractivity contribution in [2.24, 2.45) is 7.05 Å². The Hall–Kier alpha value is -3.74. The number of aryl methyl sites for hydroxylation is 1. The number of rotatable bonds is 6. The first-order chi connectivity index (χ1) is 16.3. The van der Waals surface area contributed by atoms with Gasteiger partial charge in [-0.05, 0) is 47.0 Å². The molecule has 0 amide bonds. The fraction of sp³-hybridized carbons (Fsp3) is 0.167. The van der Waals surface area contributed by atoms with E-state index in [2.05, 4.69) is 67.7 Å². The van der Waals surface area contributed by atoms with E-state index in [1.807, 2.05) is 61.7 Å². The van der Waals surface area contributed by atoms with Crippen LogP contribution in [-0.2, 0) is 12.5 Å². The first kappa shape index (κ1) is 23.4. The van der Waals surface area contributed by atoms with E-state index < -0.39 is 5.41 Å². The van der Waals surface area contributed by atoms with Crippen LogP contribution in [0.2, 0.25) is 5.02 Å². The molecule has 170 valence electrons. The maximum atomic E-state index is 10.3. The number of hydrogen-bond donors (Lipinski definition) is 1. The Morgan fingerprint density at radius 2 is 1.74 bits per heavy atom. The molecule has 34 heavy (non-hydrogen) atoms. The zero-order valence-electron chi connectivity index (χ0n) is 20.0. The zero-order valence-corrected chi connectivity index (χ0v) is 20.7. The summed E-state index contributed by atoms with van der Waals surface area (Å²) in [5, 5.41) is 15.3. The highest BCUT2D eigenvalue weighted by Gasteiger charge is 2.30. The van der Waals surface area contributed by atoms with Gasteiger partial charge in [0.05, 0.1) is 17.3 Å². The number of benzene rings is 3. The van der Waals surface area contributed by atoms with Crippen LogP contribution >= 0.6 is 11.6 Å². The summed E-state index contributed by atoms with van der Waals surface area (Å²) >= 11 is 6.34. The number of nitrogens with one attached hydrogen (secondary N) is 1. The maximum absolute atomic E-state index is 10.3. The molecule has 0 aliphatic rings. The first-order valence-electron chi connectivity index (χ1n) is 11.2. The van der Waals surface area contributed by atoms with E-state index in [9.17, 15) is 5.26 Å². The van der Waals surface area contributed by atoms with Crippen molar-refractivity contribution in [3.8, 4) is 17.3 Å². The van der Waals surface area contributed by atoms with Gasteiger partial charge in [-0.3, -0.25) is 0 Å². The third kappa shape index (κ3) is 4.02. The van der Waals surface area contributed by atoms with Gasteiger partial charge in [0, 0.05) is 46.7 Å². The number of aromatic nitrogens is 1. The molecule has 0 bridgehead atoms. The predicted molar refractivity (Wildman–Crippen MR) is 145 cm³/mol. The summed E-state index contributed by atoms with van der Waals surface area (Å²) < 4.78 is 2.19. The molecule has 0 saturated heterocycles. The second kappa shape index (κ2) is 9.25. The van der Waals surface area contributed by atoms with Crippen LogP contribution in [0.15, 0.2) is 90.5 Å². The number of nitrogens with zero attached hydrogens (tertiary/aromatic N) is 2. The lowest BCUT2D eigenvalue weighted by Crippen LogP contribution is -2.22. The van der Waals surface area contributed by atoms with Crippen molar-refractivity contribution in [3.63, 3.8) is 0 Å². The van der Waals surface area contributed by atoms with Crippen LogP contribution in [0.3, 0.4) is 0 Å². The standard InChI is InChI=1S/C30H28ClN3/c1-20(30(2,3)26-18-23(31)15-16-27(26)33-4)22(19-32)17-25-24-13-9-10-14-28(24)34(5)29(25)21-11-7-6-8-12-21/h6-18,33H,1H2,2-5H3/b22-17+. The average Bonchev–Trinajstić information content (AvgIpc) is 3.13. The third-order valence-corrected chi connectivity index (χ3v) is 6.84. The molecule has 4 aromatic rings. The molecule has 0 atom stereocenters. The number of halogens is 1. The highest BCUT2D eigenvalue weighted by atomic mass is 35.5. The van der Waals surface area contributed by atoms with Crippen molar-refractivity contribution in [1.82, 2.24) is 4.57 Å². The van der Waals surface area contributed by atoms with Crippen molar-refractivity contribution < 1.29 is 0 Å². The highest BCUT2D eigenvalue weighted by molar-refractivity contribution is 6.30. The number of para-hydroxylation sites is 1. The van der Waals surface area contributed by atoms with Gasteiger partial charge in [-0.15, -0.1) is 0 Å². The van der Waals surface area contributed by atoms with Crippen LogP contribution in [-0.4, -0.2) is 11.6 Å². The van der Waals surface area contributed by atoms with E-state index in [1.54, 1.807) is 0 Å². The lowest BCUT2D eigenvalue weighted by atomic mass is 9.74. The average molecular weight is 466 g/mol. The third-order valence-electron chi connectivity index (χ3n) is 6.61. The van der Waals surface area contributed by atoms with Crippen LogP contribution in [0.5, 0.6) is 0 Å². The molecule has 0 aliphatic heterocycles. The van der Waals surface area contributed by atoms with Gasteiger partial charge >= 0.3 is 0 Å². The second-order valence-corrected chi connectivity index (χ2v) is 9.35. The van der Waals surface area contributed by atoms with Gasteiger partial charge in [0.1, 0.15) is 0 Å². The SMILES string of the molecule is C=C(/C(C#N)=C/c1c(-c2ccccc2)n(C)c2ccccc12)C(C)(C)c1cc(Cl)ccc1NC. The van der Waals surface area contributed by atoms with Gasteiger partial charge in [0.25, 0.3) is 0 Å². The molecule has 0 aliphatic carbocycles. The van der Waals surface area contributed by atoms with Crippen molar-refractivity contribution >= 4 is 34.3 Å². The van der Waals surface area contributed by atoms with E-state index in [4.69, 9.17) is 11.6 Å². The summed E-state index contributed by atoms with van der Waals surface area (Å²) in [4.78, 5) is 0. The number of fused-ring (bicyclic) bond motifs is 1. The minimum Gasteiger partial charge on any atom is -0.388 e. The number of hydrogen-bond acceptors (Lipinski definition) is 2. The zero-order chi connectivity index (χ0) is 24.5. The highest BCUT2D eigenvalue weighted by Crippen LogP contribution is 2.41. The summed E-state index contributed by atoms with van der Waals surface area (Å²) in [5.41, 5.74) is 7.00. The molecular weight excluding hydrogens is 438 g/mol. The minimum absolute atomic E-state index is 0.525. The van der Waals surface area contributed by atoms with Gasteiger partial charge < -0.3 is 9.88 Å². The first-order valence-corrected chi connectivity index (χ1v) is 11.6. The summed E-state index contributed by atoms with van der Waals surface area (Å²) in [6.07, 6.45) is 1.98. The summed E-state index contributed by atoms with van der Waals surface area (Å²) in [7, 11) is 3.95. The molecule has 0 fully saturated rings. The molecule has 0 radical (unpaired) electrons. The Balaban J connectivity index is 1.92. The molecule has 4 heteroatoms. The van der Waals surface area contributed by atoms with Crippen molar-refractivity contribution in [2.45, 2.75) is 19.3 Å². The van der Waals surface area contributed by atoms with Crippen LogP contribution in [0.1, 0.15) is 25.0 Å². The maximum Gasteiger partial charge on any atom is 0.0994 e. The topological polar surface area (TPSA) is 40.8 Å². The largest absolute Gasteiger partial charge is 0.388 e. The van der Waals surface area contributed by atoms with Gasteiger partial charge in [-0.2, -0.15) is 5.26 Å². The van der Waals surface area contributed by atoms with Crippen LogP contribution in [0, 0.1) is 11.3 Å². The quantitative estimate of drug-likeness (QED) is 0.231. The monoisotopic (exact) mass is 465 g/mol. The molecule has 4 rings (SSSR count). The van der Waals surface area contributed by atoms with E-state index in [0.717, 1.165) is 44.5 Å². The van der Waals surface area contributed by atoms with Crippen molar-refractivity contribution in [1.29, 1.82) is 5.26 Å². The van der Waals surface area contributed by atoms with E-state index in [-0.39, 0.29) is 0 Å². The number of nitriles is 1. The number of allylic oxidation sites excluding steroid dienone is 2. The lowest BCUT2D eigenvalue weighted by molar-refractivity contribution is 0.639. The summed E-state index contributed by atoms with van der Waals surface area (Å²) in [6, 6.07) is 26.8. The normalized spacial score (nSPS) is 11.9. The Bertz CT molecular complexity index is 1450. The molecule has 0 saturated carbocycles. The molecule has 3 aromatic carbocycles. The molecule has 0 spiro atoms. The predicted octanol–water partition coefficient (Wildman–Crippen LogP) is 7.98. The molecule has 1 N–H and O–H groups in total. The fourth-order valence-electron chi connectivity index (χ4n) is 4.60. The molecule has 1 heterocycles. The van der Waals surface area contributed by atoms with Crippen LogP contribution < -0.4 is 5.32 Å². The van der Waals surface area contributed by atoms with Crippen molar-refractivity contribution in [3.05, 3.63) is 107 Å². The van der Waals surface area contributed by atoms with Gasteiger partial charge in [0.2, 0.25) is 0 Å². The summed E-state index contributed by atoms with van der Waals surface area (Å²) in [6.45, 7) is 8.55. The second-order valence-electron chi connectivity index (χ2n) is 8.92. The van der Waals surface area contributed by atoms with Gasteiger partial charge in [-0.1, -0.05) is 80.6 Å². The number of anilines is 1. The molecular formula is C30H28ClN3. The lowest BCUT2D eigenvalue weighted by Gasteiger charge is -2.30. The van der Waals surface area contributed by atoms with Crippen LogP contribution in [0.25, 0.3) is 28.2 Å². The smallest absolute Gasteiger partial charge is 0.0994 e. The Kier molecular flexibility index (Phi) is 6.37.